The maximum absolute atomic E-state index is 9.53. The van der Waals surface area contributed by atoms with Crippen molar-refractivity contribution in [1.29, 1.82) is 0 Å². The summed E-state index contributed by atoms with van der Waals surface area (Å²) >= 11 is 0.361. The van der Waals surface area contributed by atoms with Crippen molar-refractivity contribution in [3.05, 3.63) is 0 Å². The van der Waals surface area contributed by atoms with Gasteiger partial charge < -0.3 is 0 Å². The fraction of sp³-hybridized carbons (Fsp3) is 0. The van der Waals surface area contributed by atoms with Gasteiger partial charge in [0.15, 0.2) is 0 Å². The van der Waals surface area contributed by atoms with Crippen LogP contribution in [0.4, 0.5) is 1.12 Å². The predicted molar refractivity (Wildman–Crippen MR) is 9.65 cm³/mol. The smallest absolute Gasteiger partial charge is 0 e. The van der Waals surface area contributed by atoms with Crippen LogP contribution in [0.3, 0.4) is 0 Å². The van der Waals surface area contributed by atoms with Crippen LogP contribution in [-0.4, -0.2) is 48.9 Å². The second-order valence-corrected chi connectivity index (χ2v) is 0. The molecule has 4 heteroatoms. The normalized spacial score (nSPS) is 1.50. The first-order chi connectivity index (χ1) is 1.00. The van der Waals surface area contributed by atoms with Gasteiger partial charge in [0.1, 0.15) is 0 Å². The molecule has 0 aromatic rings. The molecule has 0 unspecified atom stereocenters. The van der Waals surface area contributed by atoms with Crippen molar-refractivity contribution < 1.29 is 77.6 Å². The number of hydrogen-bond acceptors (Lipinski definition) is 0. The molecule has 0 fully saturated rings. The van der Waals surface area contributed by atoms with Crippen LogP contribution >= 0.6 is 0 Å². The standard InChI is InChI=1S/Ba.FH.Gd.Ho.2H/h;1H;;;;/q;;+1;;;/p-1. The summed E-state index contributed by atoms with van der Waals surface area (Å²) in [4.78, 5) is 0. The second-order valence-electron chi connectivity index (χ2n) is 0. The van der Waals surface area contributed by atoms with E-state index in [9.17, 15) is 1.12 Å². The average Bonchev–Trinajstić information content (AvgIpc) is 1.00. The Morgan fingerprint density at radius 3 is 1.25 bits per heavy atom. The van der Waals surface area contributed by atoms with E-state index in [0.29, 0.717) is 38.7 Å². The van der Waals surface area contributed by atoms with Crippen LogP contribution in [0.5, 0.6) is 0 Å². The minimum absolute atomic E-state index is 0. The van der Waals surface area contributed by atoms with E-state index < -0.39 is 0 Å². The maximum Gasteiger partial charge on any atom is 0 e. The minimum Gasteiger partial charge on any atom is 0 e. The van der Waals surface area contributed by atoms with E-state index in [4.69, 9.17) is 0 Å². The number of rotatable bonds is 0. The Balaban J connectivity index is -0.00000000500. The number of halogens is 1. The van der Waals surface area contributed by atoms with Gasteiger partial charge in [-0.3, -0.25) is 0 Å². The summed E-state index contributed by atoms with van der Waals surface area (Å²) in [6.45, 7) is 0. The van der Waals surface area contributed by atoms with Gasteiger partial charge >= 0.3 is 88.7 Å². The van der Waals surface area contributed by atoms with E-state index in [1.54, 1.807) is 0 Å². The zero-order valence-corrected chi connectivity index (χ0v) is 5.24. The second kappa shape index (κ2) is 15.7. The Bertz CT molecular complexity index is 8.00. The summed E-state index contributed by atoms with van der Waals surface area (Å²) < 4.78 is 9.53. The Labute approximate surface area is 122 Å². The molecule has 30 valence electrons. The van der Waals surface area contributed by atoms with E-state index in [-0.39, 0.29) is 86.6 Å². The van der Waals surface area contributed by atoms with E-state index in [1.165, 1.54) is 0 Å². The zero-order valence-electron chi connectivity index (χ0n) is 1.03. The molecule has 0 heterocycles. The molecule has 1 radical (unpaired) electrons. The first-order valence-electron chi connectivity index (χ1n) is 0.134. The maximum atomic E-state index is 9.53. The molecule has 0 N–H and O–H groups in total. The third kappa shape index (κ3) is 9.43. The average molecular weight is 481 g/mol. The Morgan fingerprint density at radius 1 is 1.25 bits per heavy atom. The quantitative estimate of drug-likeness (QED) is 0.411. The van der Waals surface area contributed by atoms with Crippen LogP contribution in [0.15, 0.2) is 0 Å². The number of hydrogen-bond donors (Lipinski definition) is 0. The fourth-order valence-electron chi connectivity index (χ4n) is 0. The third-order valence-electron chi connectivity index (χ3n) is 0. The first-order valence-corrected chi connectivity index (χ1v) is 0.991. The molecule has 0 aromatic carbocycles. The van der Waals surface area contributed by atoms with Crippen molar-refractivity contribution in [1.82, 2.24) is 0 Å². The van der Waals surface area contributed by atoms with Crippen molar-refractivity contribution in [2.24, 2.45) is 0 Å². The molecule has 0 aliphatic carbocycles. The summed E-state index contributed by atoms with van der Waals surface area (Å²) in [5.74, 6) is 0. The van der Waals surface area contributed by atoms with Gasteiger partial charge in [0.25, 0.3) is 0 Å². The molecule has 0 saturated carbocycles. The van der Waals surface area contributed by atoms with E-state index in [0.717, 1.165) is 0 Å². The van der Waals surface area contributed by atoms with Crippen LogP contribution < -0.4 is 0 Å². The van der Waals surface area contributed by atoms with Crippen molar-refractivity contribution >= 4 is 48.9 Å². The Hall–Kier alpha value is 4.09. The molecule has 0 amide bonds. The molecule has 4 heavy (non-hydrogen) atoms. The molecule has 0 aromatic heterocycles. The van der Waals surface area contributed by atoms with E-state index in [2.05, 4.69) is 0 Å². The molecule has 0 spiro atoms. The molecule has 0 atom stereocenters. The molecule has 0 bridgehead atoms. The minimum atomic E-state index is 0. The topological polar surface area (TPSA) is 0 Å². The monoisotopic (exact) mass is 482 g/mol. The first kappa shape index (κ1) is 15.7. The van der Waals surface area contributed by atoms with Crippen LogP contribution in [0.2, 0.25) is 0 Å². The van der Waals surface area contributed by atoms with Gasteiger partial charge in [-0.25, -0.2) is 0 Å². The van der Waals surface area contributed by atoms with Crippen molar-refractivity contribution in [2.75, 3.05) is 0 Å². The summed E-state index contributed by atoms with van der Waals surface area (Å²) in [6, 6.07) is 0. The summed E-state index contributed by atoms with van der Waals surface area (Å²) in [5, 5.41) is 0. The molecule has 0 nitrogen and oxygen atoms in total. The fourth-order valence-corrected chi connectivity index (χ4v) is 0. The van der Waals surface area contributed by atoms with Gasteiger partial charge in [-0.2, -0.15) is 0 Å². The summed E-state index contributed by atoms with van der Waals surface area (Å²) in [7, 11) is 0. The molecular formula is H2BaFGdHo. The van der Waals surface area contributed by atoms with Crippen molar-refractivity contribution in [3.8, 4) is 0 Å². The molecule has 0 aliphatic rings. The molecular weight excluding hydrogens is 479 g/mol. The van der Waals surface area contributed by atoms with Crippen LogP contribution in [0.25, 0.3) is 0 Å². The van der Waals surface area contributed by atoms with Crippen LogP contribution in [0, 0.1) is 76.5 Å². The van der Waals surface area contributed by atoms with Crippen LogP contribution in [-0.2, 0) is 0 Å². The van der Waals surface area contributed by atoms with Gasteiger partial charge in [-0.05, 0) is 0 Å². The summed E-state index contributed by atoms with van der Waals surface area (Å²) in [6.07, 6.45) is 0. The van der Waals surface area contributed by atoms with Gasteiger partial charge in [-0.1, -0.05) is 0 Å². The molecule has 0 saturated heterocycles. The van der Waals surface area contributed by atoms with Crippen LogP contribution in [0.1, 0.15) is 0 Å². The van der Waals surface area contributed by atoms with Gasteiger partial charge in [-0.15, -0.1) is 0 Å². The van der Waals surface area contributed by atoms with Gasteiger partial charge in [0.2, 0.25) is 0 Å². The zero-order chi connectivity index (χ0) is 2.00. The third-order valence-corrected chi connectivity index (χ3v) is 0. The van der Waals surface area contributed by atoms with E-state index >= 15 is 0 Å². The SMILES string of the molecule is [BaH2].[F][Gd].[Ho]. The largest absolute Gasteiger partial charge is 0 e. The van der Waals surface area contributed by atoms with Gasteiger partial charge in [0.05, 0.1) is 0 Å². The predicted octanol–water partition coefficient (Wildman–Crippen LogP) is -0.496. The van der Waals surface area contributed by atoms with E-state index in [1.807, 2.05) is 0 Å². The molecule has 0 rings (SSSR count). The van der Waals surface area contributed by atoms with Gasteiger partial charge in [0, 0.05) is 37.7 Å². The Kier molecular flexibility index (Phi) is 61.7. The summed E-state index contributed by atoms with van der Waals surface area (Å²) in [5.41, 5.74) is 0. The molecule has 0 aliphatic heterocycles. The van der Waals surface area contributed by atoms with Crippen molar-refractivity contribution in [3.63, 3.8) is 0 Å². The van der Waals surface area contributed by atoms with Crippen molar-refractivity contribution in [2.45, 2.75) is 0 Å². The Morgan fingerprint density at radius 2 is 1.25 bits per heavy atom.